The van der Waals surface area contributed by atoms with Crippen LogP contribution in [0.15, 0.2) is 0 Å². The van der Waals surface area contributed by atoms with Gasteiger partial charge < -0.3 is 10.2 Å². The zero-order chi connectivity index (χ0) is 19.0. The second kappa shape index (κ2) is 4.97. The van der Waals surface area contributed by atoms with E-state index in [1.54, 1.807) is 0 Å². The molecule has 152 valence electrons. The molecule has 6 aliphatic rings. The molecule has 6 saturated carbocycles. The molecule has 2 heteroatoms. The monoisotopic (exact) mass is 372 g/mol. The lowest BCUT2D eigenvalue weighted by Crippen LogP contribution is -2.65. The van der Waals surface area contributed by atoms with Crippen LogP contribution in [0.3, 0.4) is 0 Å². The molecule has 0 aromatic carbocycles. The van der Waals surface area contributed by atoms with Crippen LogP contribution in [0.5, 0.6) is 0 Å². The van der Waals surface area contributed by atoms with Crippen LogP contribution >= 0.6 is 0 Å². The molecule has 0 bridgehead atoms. The van der Waals surface area contributed by atoms with Crippen LogP contribution in [0.1, 0.15) is 85.5 Å². The van der Waals surface area contributed by atoms with Gasteiger partial charge in [0.2, 0.25) is 0 Å². The number of aliphatic hydroxyl groups is 2. The SMILES string of the molecule is CCC[C@]1(O)[C@H]2C[C@H]2C2C3C(CC[C@@]21C)[C@@]1(C)CC[C@H](C)C[C@@]1(O)[C@@H]1C[C@H]31. The minimum atomic E-state index is -0.401. The topological polar surface area (TPSA) is 40.5 Å². The summed E-state index contributed by atoms with van der Waals surface area (Å²) in [6.45, 7) is 9.56. The first kappa shape index (κ1) is 17.8. The first-order chi connectivity index (χ1) is 12.7. The van der Waals surface area contributed by atoms with E-state index in [-0.39, 0.29) is 10.8 Å². The van der Waals surface area contributed by atoms with Crippen molar-refractivity contribution in [2.24, 2.45) is 58.2 Å². The van der Waals surface area contributed by atoms with Crippen LogP contribution < -0.4 is 0 Å². The number of fused-ring (bicyclic) bond motifs is 10. The maximum Gasteiger partial charge on any atom is 0.0737 e. The lowest BCUT2D eigenvalue weighted by atomic mass is 9.41. The molecule has 0 aliphatic heterocycles. The molecule has 6 rings (SSSR count). The van der Waals surface area contributed by atoms with Crippen molar-refractivity contribution < 1.29 is 10.2 Å². The van der Waals surface area contributed by atoms with E-state index in [0.29, 0.717) is 23.7 Å². The Bertz CT molecular complexity index is 675. The highest BCUT2D eigenvalue weighted by Crippen LogP contribution is 2.82. The summed E-state index contributed by atoms with van der Waals surface area (Å²) in [5, 5.41) is 23.9. The lowest BCUT2D eigenvalue weighted by molar-refractivity contribution is -0.231. The van der Waals surface area contributed by atoms with Gasteiger partial charge in [0, 0.05) is 0 Å². The summed E-state index contributed by atoms with van der Waals surface area (Å²) in [4.78, 5) is 0. The van der Waals surface area contributed by atoms with E-state index in [1.807, 2.05) is 0 Å². The molecule has 0 aromatic heterocycles. The van der Waals surface area contributed by atoms with E-state index in [4.69, 9.17) is 0 Å². The molecular weight excluding hydrogens is 332 g/mol. The lowest BCUT2D eigenvalue weighted by Gasteiger charge is -2.65. The number of hydrogen-bond donors (Lipinski definition) is 2. The van der Waals surface area contributed by atoms with Crippen LogP contribution in [-0.4, -0.2) is 21.4 Å². The molecule has 3 unspecified atom stereocenters. The Labute approximate surface area is 165 Å². The van der Waals surface area contributed by atoms with Gasteiger partial charge in [-0.05, 0) is 110 Å². The van der Waals surface area contributed by atoms with Crippen molar-refractivity contribution in [2.75, 3.05) is 0 Å². The van der Waals surface area contributed by atoms with Crippen molar-refractivity contribution in [3.05, 3.63) is 0 Å². The third-order valence-corrected chi connectivity index (χ3v) is 11.7. The minimum Gasteiger partial charge on any atom is -0.389 e. The van der Waals surface area contributed by atoms with Crippen LogP contribution in [0.4, 0.5) is 0 Å². The van der Waals surface area contributed by atoms with Crippen LogP contribution in [0.25, 0.3) is 0 Å². The molecular formula is C25H40O2. The van der Waals surface area contributed by atoms with Crippen molar-refractivity contribution in [2.45, 2.75) is 96.7 Å². The predicted molar refractivity (Wildman–Crippen MR) is 107 cm³/mol. The summed E-state index contributed by atoms with van der Waals surface area (Å²) >= 11 is 0. The standard InChI is InChI=1S/C25H40O2/c1-5-8-24(26)19-12-16(19)21-20-15-11-18(15)25(27)13-14(2)6-9-22(25,3)17(20)7-10-23(21,24)4/h14-21,26-27H,5-13H2,1-4H3/t14-,15-,16+,17?,18+,19-,20?,21?,22+,23-,24-,25+/m0/s1. The Hall–Kier alpha value is -0.0800. The molecule has 2 N–H and O–H groups in total. The summed E-state index contributed by atoms with van der Waals surface area (Å²) < 4.78 is 0. The van der Waals surface area contributed by atoms with Crippen LogP contribution in [-0.2, 0) is 0 Å². The van der Waals surface area contributed by atoms with Crippen molar-refractivity contribution in [3.63, 3.8) is 0 Å². The van der Waals surface area contributed by atoms with Gasteiger partial charge in [0.15, 0.2) is 0 Å². The van der Waals surface area contributed by atoms with Gasteiger partial charge in [-0.3, -0.25) is 0 Å². The molecule has 2 nitrogen and oxygen atoms in total. The summed E-state index contributed by atoms with van der Waals surface area (Å²) in [5.74, 6) is 5.59. The molecule has 6 aliphatic carbocycles. The third-order valence-electron chi connectivity index (χ3n) is 11.7. The van der Waals surface area contributed by atoms with Gasteiger partial charge >= 0.3 is 0 Å². The molecule has 12 atom stereocenters. The fourth-order valence-electron chi connectivity index (χ4n) is 10.4. The average Bonchev–Trinajstić information content (AvgIpc) is 3.49. The second-order valence-electron chi connectivity index (χ2n) is 12.5. The Morgan fingerprint density at radius 3 is 2.33 bits per heavy atom. The first-order valence-electron chi connectivity index (χ1n) is 12.2. The molecule has 0 radical (unpaired) electrons. The highest BCUT2D eigenvalue weighted by Gasteiger charge is 2.80. The van der Waals surface area contributed by atoms with Crippen molar-refractivity contribution >= 4 is 0 Å². The fourth-order valence-corrected chi connectivity index (χ4v) is 10.4. The van der Waals surface area contributed by atoms with Crippen molar-refractivity contribution in [1.29, 1.82) is 0 Å². The van der Waals surface area contributed by atoms with Crippen LogP contribution in [0.2, 0.25) is 0 Å². The maximum atomic E-state index is 12.0. The number of rotatable bonds is 2. The average molecular weight is 373 g/mol. The molecule has 0 heterocycles. The Morgan fingerprint density at radius 2 is 1.59 bits per heavy atom. The Balaban J connectivity index is 1.41. The molecule has 27 heavy (non-hydrogen) atoms. The summed E-state index contributed by atoms with van der Waals surface area (Å²) in [7, 11) is 0. The fraction of sp³-hybridized carbons (Fsp3) is 1.00. The van der Waals surface area contributed by atoms with E-state index in [9.17, 15) is 10.2 Å². The van der Waals surface area contributed by atoms with Gasteiger partial charge in [0.25, 0.3) is 0 Å². The first-order valence-corrected chi connectivity index (χ1v) is 12.2. The Kier molecular flexibility index (Phi) is 3.27. The Morgan fingerprint density at radius 1 is 0.889 bits per heavy atom. The van der Waals surface area contributed by atoms with Gasteiger partial charge in [-0.2, -0.15) is 0 Å². The van der Waals surface area contributed by atoms with Crippen molar-refractivity contribution in [1.82, 2.24) is 0 Å². The van der Waals surface area contributed by atoms with Gasteiger partial charge in [0.05, 0.1) is 11.2 Å². The van der Waals surface area contributed by atoms with Gasteiger partial charge in [0.1, 0.15) is 0 Å². The molecule has 0 amide bonds. The summed E-state index contributed by atoms with van der Waals surface area (Å²) in [6.07, 6.45) is 10.7. The van der Waals surface area contributed by atoms with E-state index in [0.717, 1.165) is 42.9 Å². The summed E-state index contributed by atoms with van der Waals surface area (Å²) in [6, 6.07) is 0. The molecule has 0 spiro atoms. The van der Waals surface area contributed by atoms with Crippen molar-refractivity contribution in [3.8, 4) is 0 Å². The highest BCUT2D eigenvalue weighted by atomic mass is 16.3. The zero-order valence-electron chi connectivity index (χ0n) is 17.9. The minimum absolute atomic E-state index is 0.124. The number of hydrogen-bond acceptors (Lipinski definition) is 2. The largest absolute Gasteiger partial charge is 0.389 e. The molecule has 0 aromatic rings. The van der Waals surface area contributed by atoms with Crippen LogP contribution in [0, 0.1) is 58.2 Å². The highest BCUT2D eigenvalue weighted by molar-refractivity contribution is 5.29. The maximum absolute atomic E-state index is 12.0. The zero-order valence-corrected chi connectivity index (χ0v) is 17.9. The smallest absolute Gasteiger partial charge is 0.0737 e. The molecule has 6 fully saturated rings. The normalized spacial score (nSPS) is 68.2. The predicted octanol–water partition coefficient (Wildman–Crippen LogP) is 5.02. The van der Waals surface area contributed by atoms with E-state index in [2.05, 4.69) is 27.7 Å². The quantitative estimate of drug-likeness (QED) is 0.714. The van der Waals surface area contributed by atoms with Gasteiger partial charge in [-0.1, -0.05) is 34.1 Å². The molecule has 0 saturated heterocycles. The van der Waals surface area contributed by atoms with E-state index < -0.39 is 11.2 Å². The van der Waals surface area contributed by atoms with E-state index >= 15 is 0 Å². The summed E-state index contributed by atoms with van der Waals surface area (Å²) in [5.41, 5.74) is -0.536. The van der Waals surface area contributed by atoms with Gasteiger partial charge in [-0.15, -0.1) is 0 Å². The second-order valence-corrected chi connectivity index (χ2v) is 12.5. The third kappa shape index (κ3) is 1.79. The van der Waals surface area contributed by atoms with Gasteiger partial charge in [-0.25, -0.2) is 0 Å². The van der Waals surface area contributed by atoms with E-state index in [1.165, 1.54) is 38.5 Å².